The fraction of sp³-hybridized carbons (Fsp3) is 0.0476. The number of anilines is 1. The molecule has 0 radical (unpaired) electrons. The standard InChI is InChI=1S/C21H16FNO/c22-19-10-4-3-9-18(19)21-13-12-16(24-21)14-23-20-11-5-7-15-6-1-2-8-17(15)20/h1-13,23H,14H2. The van der Waals surface area contributed by atoms with E-state index in [9.17, 15) is 4.39 Å². The lowest BCUT2D eigenvalue weighted by Gasteiger charge is -2.08. The van der Waals surface area contributed by atoms with E-state index in [1.165, 1.54) is 16.8 Å². The zero-order valence-electron chi connectivity index (χ0n) is 13.0. The Balaban J connectivity index is 1.56. The Kier molecular flexibility index (Phi) is 3.75. The van der Waals surface area contributed by atoms with Gasteiger partial charge in [0.15, 0.2) is 0 Å². The van der Waals surface area contributed by atoms with Crippen LogP contribution in [0.2, 0.25) is 0 Å². The van der Waals surface area contributed by atoms with Gasteiger partial charge in [0.25, 0.3) is 0 Å². The lowest BCUT2D eigenvalue weighted by Crippen LogP contribution is -1.98. The SMILES string of the molecule is Fc1ccccc1-c1ccc(CNc2cccc3ccccc23)o1. The minimum absolute atomic E-state index is 0.277. The minimum Gasteiger partial charge on any atom is -0.459 e. The average molecular weight is 317 g/mol. The van der Waals surface area contributed by atoms with Gasteiger partial charge in [-0.2, -0.15) is 0 Å². The van der Waals surface area contributed by atoms with Crippen LogP contribution in [0.15, 0.2) is 83.3 Å². The molecule has 3 aromatic carbocycles. The molecule has 1 aromatic heterocycles. The predicted molar refractivity (Wildman–Crippen MR) is 95.4 cm³/mol. The van der Waals surface area contributed by atoms with Crippen LogP contribution in [-0.4, -0.2) is 0 Å². The fourth-order valence-electron chi connectivity index (χ4n) is 2.84. The molecule has 0 aliphatic heterocycles. The number of hydrogen-bond acceptors (Lipinski definition) is 2. The molecule has 4 rings (SSSR count). The molecule has 0 aliphatic rings. The molecular formula is C21H16FNO. The molecule has 0 unspecified atom stereocenters. The first-order valence-corrected chi connectivity index (χ1v) is 7.86. The maximum atomic E-state index is 13.8. The van der Waals surface area contributed by atoms with Crippen molar-refractivity contribution < 1.29 is 8.81 Å². The number of rotatable bonds is 4. The smallest absolute Gasteiger partial charge is 0.137 e. The molecule has 0 atom stereocenters. The second-order valence-corrected chi connectivity index (χ2v) is 5.63. The topological polar surface area (TPSA) is 25.2 Å². The van der Waals surface area contributed by atoms with E-state index in [-0.39, 0.29) is 5.82 Å². The Labute approximate surface area is 139 Å². The van der Waals surface area contributed by atoms with Crippen LogP contribution in [0.1, 0.15) is 5.76 Å². The third kappa shape index (κ3) is 2.76. The van der Waals surface area contributed by atoms with Crippen LogP contribution in [0.4, 0.5) is 10.1 Å². The molecule has 0 fully saturated rings. The van der Waals surface area contributed by atoms with Crippen LogP contribution < -0.4 is 5.32 Å². The molecule has 0 saturated carbocycles. The molecule has 0 amide bonds. The average Bonchev–Trinajstić information content (AvgIpc) is 3.09. The summed E-state index contributed by atoms with van der Waals surface area (Å²) in [7, 11) is 0. The maximum absolute atomic E-state index is 13.8. The third-order valence-corrected chi connectivity index (χ3v) is 4.04. The highest BCUT2D eigenvalue weighted by molar-refractivity contribution is 5.93. The minimum atomic E-state index is -0.277. The summed E-state index contributed by atoms with van der Waals surface area (Å²) in [6, 6.07) is 24.7. The first-order chi connectivity index (χ1) is 11.8. The predicted octanol–water partition coefficient (Wildman–Crippen LogP) is 5.85. The van der Waals surface area contributed by atoms with Crippen molar-refractivity contribution in [3.05, 3.63) is 90.4 Å². The van der Waals surface area contributed by atoms with Crippen LogP contribution in [-0.2, 0) is 6.54 Å². The van der Waals surface area contributed by atoms with Crippen molar-refractivity contribution in [2.45, 2.75) is 6.54 Å². The van der Waals surface area contributed by atoms with Crippen LogP contribution in [0.25, 0.3) is 22.1 Å². The summed E-state index contributed by atoms with van der Waals surface area (Å²) in [6.45, 7) is 0.544. The number of halogens is 1. The Bertz CT molecular complexity index is 984. The van der Waals surface area contributed by atoms with Crippen molar-refractivity contribution >= 4 is 16.5 Å². The second-order valence-electron chi connectivity index (χ2n) is 5.63. The van der Waals surface area contributed by atoms with Gasteiger partial charge in [0, 0.05) is 11.1 Å². The maximum Gasteiger partial charge on any atom is 0.137 e. The second kappa shape index (κ2) is 6.20. The number of benzene rings is 3. The first-order valence-electron chi connectivity index (χ1n) is 7.86. The van der Waals surface area contributed by atoms with E-state index >= 15 is 0 Å². The monoisotopic (exact) mass is 317 g/mol. The van der Waals surface area contributed by atoms with Crippen molar-refractivity contribution in [3.8, 4) is 11.3 Å². The number of hydrogen-bond donors (Lipinski definition) is 1. The lowest BCUT2D eigenvalue weighted by atomic mass is 10.1. The molecule has 0 bridgehead atoms. The third-order valence-electron chi connectivity index (χ3n) is 4.04. The summed E-state index contributed by atoms with van der Waals surface area (Å²) in [5.41, 5.74) is 1.53. The Morgan fingerprint density at radius 2 is 1.58 bits per heavy atom. The van der Waals surface area contributed by atoms with Gasteiger partial charge in [-0.3, -0.25) is 0 Å². The molecule has 1 N–H and O–H groups in total. The fourth-order valence-corrected chi connectivity index (χ4v) is 2.84. The first kappa shape index (κ1) is 14.5. The Morgan fingerprint density at radius 1 is 0.792 bits per heavy atom. The van der Waals surface area contributed by atoms with Gasteiger partial charge in [-0.15, -0.1) is 0 Å². The number of furan rings is 1. The highest BCUT2D eigenvalue weighted by Gasteiger charge is 2.09. The summed E-state index contributed by atoms with van der Waals surface area (Å²) >= 11 is 0. The van der Waals surface area contributed by atoms with Crippen LogP contribution in [0, 0.1) is 5.82 Å². The summed E-state index contributed by atoms with van der Waals surface area (Å²) in [5, 5.41) is 5.75. The lowest BCUT2D eigenvalue weighted by molar-refractivity contribution is 0.525. The molecule has 1 heterocycles. The van der Waals surface area contributed by atoms with E-state index < -0.39 is 0 Å². The molecule has 3 heteroatoms. The van der Waals surface area contributed by atoms with Crippen molar-refractivity contribution in [2.24, 2.45) is 0 Å². The van der Waals surface area contributed by atoms with Crippen LogP contribution in [0.3, 0.4) is 0 Å². The zero-order chi connectivity index (χ0) is 16.4. The van der Waals surface area contributed by atoms with Crippen molar-refractivity contribution in [3.63, 3.8) is 0 Å². The largest absolute Gasteiger partial charge is 0.459 e. The quantitative estimate of drug-likeness (QED) is 0.510. The summed E-state index contributed by atoms with van der Waals surface area (Å²) < 4.78 is 19.6. The van der Waals surface area contributed by atoms with Gasteiger partial charge in [0.1, 0.15) is 17.3 Å². The van der Waals surface area contributed by atoms with Gasteiger partial charge in [0.05, 0.1) is 12.1 Å². The molecule has 118 valence electrons. The molecule has 24 heavy (non-hydrogen) atoms. The number of nitrogens with one attached hydrogen (secondary N) is 1. The molecule has 0 spiro atoms. The van der Waals surface area contributed by atoms with Gasteiger partial charge in [-0.1, -0.05) is 48.5 Å². The van der Waals surface area contributed by atoms with Crippen LogP contribution >= 0.6 is 0 Å². The zero-order valence-corrected chi connectivity index (χ0v) is 13.0. The van der Waals surface area contributed by atoms with E-state index in [1.54, 1.807) is 24.3 Å². The van der Waals surface area contributed by atoms with E-state index in [1.807, 2.05) is 30.3 Å². The summed E-state index contributed by atoms with van der Waals surface area (Å²) in [5.74, 6) is 1.03. The van der Waals surface area contributed by atoms with E-state index in [0.29, 0.717) is 17.9 Å². The number of fused-ring (bicyclic) bond motifs is 1. The normalized spacial score (nSPS) is 10.9. The molecule has 0 saturated heterocycles. The van der Waals surface area contributed by atoms with E-state index in [0.717, 1.165) is 11.4 Å². The molecule has 2 nitrogen and oxygen atoms in total. The molecule has 0 aliphatic carbocycles. The van der Waals surface area contributed by atoms with Gasteiger partial charge < -0.3 is 9.73 Å². The highest BCUT2D eigenvalue weighted by atomic mass is 19.1. The van der Waals surface area contributed by atoms with Gasteiger partial charge in [-0.05, 0) is 35.7 Å². The molecule has 4 aromatic rings. The van der Waals surface area contributed by atoms with E-state index in [2.05, 4.69) is 23.5 Å². The van der Waals surface area contributed by atoms with Crippen LogP contribution in [0.5, 0.6) is 0 Å². The Hall–Kier alpha value is -3.07. The van der Waals surface area contributed by atoms with Gasteiger partial charge >= 0.3 is 0 Å². The summed E-state index contributed by atoms with van der Waals surface area (Å²) in [4.78, 5) is 0. The van der Waals surface area contributed by atoms with E-state index in [4.69, 9.17) is 4.42 Å². The Morgan fingerprint density at radius 3 is 2.50 bits per heavy atom. The van der Waals surface area contributed by atoms with Crippen molar-refractivity contribution in [2.75, 3.05) is 5.32 Å². The molecular weight excluding hydrogens is 301 g/mol. The summed E-state index contributed by atoms with van der Waals surface area (Å²) in [6.07, 6.45) is 0. The van der Waals surface area contributed by atoms with Crippen molar-refractivity contribution in [1.29, 1.82) is 0 Å². The highest BCUT2D eigenvalue weighted by Crippen LogP contribution is 2.26. The van der Waals surface area contributed by atoms with Gasteiger partial charge in [-0.25, -0.2) is 4.39 Å². The van der Waals surface area contributed by atoms with Crippen molar-refractivity contribution in [1.82, 2.24) is 0 Å². The van der Waals surface area contributed by atoms with Gasteiger partial charge in [0.2, 0.25) is 0 Å².